The van der Waals surface area contributed by atoms with E-state index in [9.17, 15) is 9.90 Å². The van der Waals surface area contributed by atoms with Crippen molar-refractivity contribution in [3.8, 4) is 11.3 Å². The lowest BCUT2D eigenvalue weighted by Crippen LogP contribution is -2.46. The molecular formula is C25H26ClN5O2. The Bertz CT molecular complexity index is 1280. The molecule has 2 heterocycles. The van der Waals surface area contributed by atoms with Gasteiger partial charge in [0.05, 0.1) is 18.3 Å². The van der Waals surface area contributed by atoms with Gasteiger partial charge in [-0.25, -0.2) is 4.52 Å². The average Bonchev–Trinajstić information content (AvgIpc) is 3.19. The van der Waals surface area contributed by atoms with Crippen LogP contribution in [-0.2, 0) is 0 Å². The van der Waals surface area contributed by atoms with E-state index < -0.39 is 0 Å². The van der Waals surface area contributed by atoms with Gasteiger partial charge in [-0.05, 0) is 53.9 Å². The van der Waals surface area contributed by atoms with E-state index in [1.807, 2.05) is 63.2 Å². The number of halogens is 1. The largest absolute Gasteiger partial charge is 0.394 e. The van der Waals surface area contributed by atoms with Gasteiger partial charge < -0.3 is 15.7 Å². The van der Waals surface area contributed by atoms with Gasteiger partial charge in [0.2, 0.25) is 5.95 Å². The third-order valence-corrected chi connectivity index (χ3v) is 5.65. The Labute approximate surface area is 197 Å². The fourth-order valence-electron chi connectivity index (χ4n) is 3.44. The van der Waals surface area contributed by atoms with Crippen LogP contribution in [0.25, 0.3) is 16.9 Å². The zero-order chi connectivity index (χ0) is 23.6. The van der Waals surface area contributed by atoms with Crippen molar-refractivity contribution in [1.29, 1.82) is 0 Å². The Hall–Kier alpha value is -3.42. The Morgan fingerprint density at radius 1 is 1.09 bits per heavy atom. The summed E-state index contributed by atoms with van der Waals surface area (Å²) >= 11 is 6.15. The first-order valence-electron chi connectivity index (χ1n) is 10.6. The van der Waals surface area contributed by atoms with E-state index in [-0.39, 0.29) is 24.0 Å². The number of carbonyl (C=O) groups is 1. The number of hydrogen-bond acceptors (Lipinski definition) is 5. The summed E-state index contributed by atoms with van der Waals surface area (Å²) in [5.41, 5.74) is 3.53. The minimum absolute atomic E-state index is 0.119. The number of hydrogen-bond donors (Lipinski definition) is 3. The standard InChI is InChI=1S/C25H26ClN5O2/c1-25(2,3)21(15-32)28-23(33)16-10-12-19(13-11-16)27-24-29-22-9-5-8-20(31(22)30-24)17-6-4-7-18(26)14-17/h4-14,21,32H,15H2,1-3H3,(H,27,30)(H,28,33)/t21-/m1/s1. The number of nitrogens with one attached hydrogen (secondary N) is 2. The molecule has 1 amide bonds. The molecule has 2 aromatic heterocycles. The fourth-order valence-corrected chi connectivity index (χ4v) is 3.63. The van der Waals surface area contributed by atoms with Crippen molar-refractivity contribution in [3.05, 3.63) is 77.3 Å². The zero-order valence-electron chi connectivity index (χ0n) is 18.7. The molecule has 0 aliphatic heterocycles. The predicted octanol–water partition coefficient (Wildman–Crippen LogP) is 4.93. The van der Waals surface area contributed by atoms with Gasteiger partial charge in [-0.2, -0.15) is 4.98 Å². The van der Waals surface area contributed by atoms with Crippen LogP contribution in [0.15, 0.2) is 66.7 Å². The maximum absolute atomic E-state index is 12.6. The number of pyridine rings is 1. The molecule has 4 rings (SSSR count). The van der Waals surface area contributed by atoms with Crippen LogP contribution in [0, 0.1) is 5.41 Å². The van der Waals surface area contributed by atoms with Crippen LogP contribution in [0.2, 0.25) is 5.02 Å². The van der Waals surface area contributed by atoms with Gasteiger partial charge in [0.1, 0.15) is 0 Å². The fraction of sp³-hybridized carbons (Fsp3) is 0.240. The summed E-state index contributed by atoms with van der Waals surface area (Å²) in [5.74, 6) is 0.210. The van der Waals surface area contributed by atoms with Crippen LogP contribution in [0.5, 0.6) is 0 Å². The van der Waals surface area contributed by atoms with E-state index in [0.717, 1.165) is 16.9 Å². The van der Waals surface area contributed by atoms with Gasteiger partial charge >= 0.3 is 0 Å². The summed E-state index contributed by atoms with van der Waals surface area (Å²) in [6.45, 7) is 5.80. The number of rotatable bonds is 6. The highest BCUT2D eigenvalue weighted by molar-refractivity contribution is 6.30. The lowest BCUT2D eigenvalue weighted by molar-refractivity contribution is 0.0848. The third-order valence-electron chi connectivity index (χ3n) is 5.42. The van der Waals surface area contributed by atoms with E-state index >= 15 is 0 Å². The second-order valence-electron chi connectivity index (χ2n) is 8.90. The molecule has 8 heteroatoms. The van der Waals surface area contributed by atoms with Crippen molar-refractivity contribution >= 4 is 34.8 Å². The molecule has 0 unspecified atom stereocenters. The summed E-state index contributed by atoms with van der Waals surface area (Å²) in [7, 11) is 0. The van der Waals surface area contributed by atoms with Crippen LogP contribution < -0.4 is 10.6 Å². The van der Waals surface area contributed by atoms with Crippen molar-refractivity contribution in [2.75, 3.05) is 11.9 Å². The van der Waals surface area contributed by atoms with Crippen LogP contribution in [0.1, 0.15) is 31.1 Å². The van der Waals surface area contributed by atoms with Crippen molar-refractivity contribution < 1.29 is 9.90 Å². The molecule has 0 aliphatic rings. The van der Waals surface area contributed by atoms with E-state index in [2.05, 4.69) is 20.7 Å². The van der Waals surface area contributed by atoms with Crippen molar-refractivity contribution in [2.24, 2.45) is 5.41 Å². The second kappa shape index (κ2) is 9.21. The number of carbonyl (C=O) groups excluding carboxylic acids is 1. The van der Waals surface area contributed by atoms with E-state index in [4.69, 9.17) is 11.6 Å². The number of amides is 1. The molecule has 2 aromatic carbocycles. The Morgan fingerprint density at radius 3 is 2.48 bits per heavy atom. The Morgan fingerprint density at radius 2 is 1.82 bits per heavy atom. The summed E-state index contributed by atoms with van der Waals surface area (Å²) in [5, 5.41) is 20.9. The quantitative estimate of drug-likeness (QED) is 0.377. The highest BCUT2D eigenvalue weighted by atomic mass is 35.5. The molecule has 0 spiro atoms. The van der Waals surface area contributed by atoms with Gasteiger partial charge in [-0.1, -0.05) is 50.6 Å². The van der Waals surface area contributed by atoms with Crippen LogP contribution >= 0.6 is 11.6 Å². The number of nitrogens with zero attached hydrogens (tertiary/aromatic N) is 3. The molecule has 0 bridgehead atoms. The molecule has 1 atom stereocenters. The number of fused-ring (bicyclic) bond motifs is 1. The summed E-state index contributed by atoms with van der Waals surface area (Å²) in [6, 6.07) is 20.1. The number of benzene rings is 2. The number of aliphatic hydroxyl groups is 1. The molecule has 0 radical (unpaired) electrons. The average molecular weight is 464 g/mol. The lowest BCUT2D eigenvalue weighted by atomic mass is 9.87. The minimum atomic E-state index is -0.335. The van der Waals surface area contributed by atoms with Gasteiger partial charge in [0, 0.05) is 21.8 Å². The lowest BCUT2D eigenvalue weighted by Gasteiger charge is -2.29. The van der Waals surface area contributed by atoms with E-state index in [1.54, 1.807) is 28.8 Å². The molecular weight excluding hydrogens is 438 g/mol. The summed E-state index contributed by atoms with van der Waals surface area (Å²) in [4.78, 5) is 17.1. The maximum atomic E-state index is 12.6. The molecule has 0 fully saturated rings. The van der Waals surface area contributed by atoms with Crippen LogP contribution in [-0.4, -0.2) is 38.3 Å². The molecule has 170 valence electrons. The number of aromatic nitrogens is 3. The Kier molecular flexibility index (Phi) is 6.35. The van der Waals surface area contributed by atoms with E-state index in [0.29, 0.717) is 22.2 Å². The highest BCUT2D eigenvalue weighted by Crippen LogP contribution is 2.25. The molecule has 4 aromatic rings. The van der Waals surface area contributed by atoms with Gasteiger partial charge in [0.15, 0.2) is 5.65 Å². The van der Waals surface area contributed by atoms with Gasteiger partial charge in [-0.3, -0.25) is 4.79 Å². The monoisotopic (exact) mass is 463 g/mol. The van der Waals surface area contributed by atoms with Gasteiger partial charge in [-0.15, -0.1) is 5.10 Å². The second-order valence-corrected chi connectivity index (χ2v) is 9.34. The first kappa shape index (κ1) is 22.8. The molecule has 3 N–H and O–H groups in total. The van der Waals surface area contributed by atoms with E-state index in [1.165, 1.54) is 0 Å². The highest BCUT2D eigenvalue weighted by Gasteiger charge is 2.25. The molecule has 7 nitrogen and oxygen atoms in total. The zero-order valence-corrected chi connectivity index (χ0v) is 19.5. The first-order chi connectivity index (χ1) is 15.7. The summed E-state index contributed by atoms with van der Waals surface area (Å²) < 4.78 is 1.76. The molecule has 0 aliphatic carbocycles. The van der Waals surface area contributed by atoms with Gasteiger partial charge in [0.25, 0.3) is 5.91 Å². The smallest absolute Gasteiger partial charge is 0.251 e. The predicted molar refractivity (Wildman–Crippen MR) is 131 cm³/mol. The molecule has 0 saturated heterocycles. The molecule has 33 heavy (non-hydrogen) atoms. The van der Waals surface area contributed by atoms with Crippen molar-refractivity contribution in [1.82, 2.24) is 19.9 Å². The molecule has 0 saturated carbocycles. The number of aliphatic hydroxyl groups excluding tert-OH is 1. The third kappa shape index (κ3) is 5.16. The SMILES string of the molecule is CC(C)(C)[C@@H](CO)NC(=O)c1ccc(Nc2nc3cccc(-c4cccc(Cl)c4)n3n2)cc1. The summed E-state index contributed by atoms with van der Waals surface area (Å²) in [6.07, 6.45) is 0. The topological polar surface area (TPSA) is 91.5 Å². The van der Waals surface area contributed by atoms with Crippen molar-refractivity contribution in [2.45, 2.75) is 26.8 Å². The number of anilines is 2. The van der Waals surface area contributed by atoms with Crippen LogP contribution in [0.3, 0.4) is 0 Å². The van der Waals surface area contributed by atoms with Crippen LogP contribution in [0.4, 0.5) is 11.6 Å². The Balaban J connectivity index is 1.52. The first-order valence-corrected chi connectivity index (χ1v) is 11.0. The normalized spacial score (nSPS) is 12.5. The minimum Gasteiger partial charge on any atom is -0.394 e. The van der Waals surface area contributed by atoms with Crippen molar-refractivity contribution in [3.63, 3.8) is 0 Å². The maximum Gasteiger partial charge on any atom is 0.251 e.